The third kappa shape index (κ3) is 4.82. The van der Waals surface area contributed by atoms with E-state index in [2.05, 4.69) is 191 Å². The second kappa shape index (κ2) is 11.9. The van der Waals surface area contributed by atoms with E-state index in [0.717, 1.165) is 61.4 Å². The van der Waals surface area contributed by atoms with Gasteiger partial charge in [-0.3, -0.25) is 0 Å². The van der Waals surface area contributed by atoms with E-state index in [9.17, 15) is 0 Å². The van der Waals surface area contributed by atoms with E-state index in [4.69, 9.17) is 4.42 Å². The molecule has 0 bridgehead atoms. The average Bonchev–Trinajstić information content (AvgIpc) is 3.75. The number of nitrogens with zero attached hydrogens (tertiary/aromatic N) is 2. The predicted octanol–water partition coefficient (Wildman–Crippen LogP) is 13.5. The summed E-state index contributed by atoms with van der Waals surface area (Å²) in [6.07, 6.45) is 0. The minimum atomic E-state index is 0.865. The molecule has 0 aliphatic heterocycles. The Labute approximate surface area is 295 Å². The third-order valence-corrected chi connectivity index (χ3v) is 9.97. The Morgan fingerprint density at radius 3 is 1.80 bits per heavy atom. The van der Waals surface area contributed by atoms with Gasteiger partial charge in [-0.1, -0.05) is 133 Å². The Bertz CT molecular complexity index is 2830. The van der Waals surface area contributed by atoms with Crippen LogP contribution in [0.4, 0.5) is 17.1 Å². The molecular formula is C48H32N2O. The monoisotopic (exact) mass is 652 g/mol. The minimum absolute atomic E-state index is 0.865. The van der Waals surface area contributed by atoms with Gasteiger partial charge in [-0.15, -0.1) is 0 Å². The largest absolute Gasteiger partial charge is 0.456 e. The Kier molecular flexibility index (Phi) is 6.81. The van der Waals surface area contributed by atoms with E-state index in [-0.39, 0.29) is 0 Å². The van der Waals surface area contributed by atoms with Crippen molar-refractivity contribution in [2.45, 2.75) is 0 Å². The molecule has 10 rings (SSSR count). The molecule has 51 heavy (non-hydrogen) atoms. The molecule has 2 heterocycles. The summed E-state index contributed by atoms with van der Waals surface area (Å²) in [4.78, 5) is 2.40. The molecule has 0 N–H and O–H groups in total. The first kappa shape index (κ1) is 29.1. The van der Waals surface area contributed by atoms with Crippen molar-refractivity contribution in [2.75, 3.05) is 4.90 Å². The molecular weight excluding hydrogens is 621 g/mol. The van der Waals surface area contributed by atoms with Crippen molar-refractivity contribution in [3.8, 4) is 27.9 Å². The van der Waals surface area contributed by atoms with Crippen LogP contribution in [0.1, 0.15) is 0 Å². The number of hydrogen-bond acceptors (Lipinski definition) is 2. The van der Waals surface area contributed by atoms with Crippen molar-refractivity contribution in [3.63, 3.8) is 0 Å². The van der Waals surface area contributed by atoms with Crippen LogP contribution in [-0.2, 0) is 0 Å². The lowest BCUT2D eigenvalue weighted by Crippen LogP contribution is -2.11. The summed E-state index contributed by atoms with van der Waals surface area (Å²) in [5.41, 5.74) is 13.1. The Morgan fingerprint density at radius 2 is 0.980 bits per heavy atom. The fourth-order valence-corrected chi connectivity index (χ4v) is 7.73. The van der Waals surface area contributed by atoms with Gasteiger partial charge in [-0.2, -0.15) is 0 Å². The molecule has 0 fully saturated rings. The van der Waals surface area contributed by atoms with Crippen molar-refractivity contribution in [3.05, 3.63) is 194 Å². The molecule has 2 aromatic heterocycles. The van der Waals surface area contributed by atoms with E-state index < -0.39 is 0 Å². The highest BCUT2D eigenvalue weighted by atomic mass is 16.3. The maximum absolute atomic E-state index is 6.42. The summed E-state index contributed by atoms with van der Waals surface area (Å²) < 4.78 is 8.81. The summed E-state index contributed by atoms with van der Waals surface area (Å²) in [5.74, 6) is 0. The molecule has 0 amide bonds. The fraction of sp³-hybridized carbons (Fsp3) is 0. The molecule has 3 nitrogen and oxygen atoms in total. The molecule has 0 radical (unpaired) electrons. The Morgan fingerprint density at radius 1 is 0.392 bits per heavy atom. The van der Waals surface area contributed by atoms with Crippen molar-refractivity contribution in [1.29, 1.82) is 0 Å². The van der Waals surface area contributed by atoms with Gasteiger partial charge in [0.1, 0.15) is 11.2 Å². The second-order valence-electron chi connectivity index (χ2n) is 12.9. The van der Waals surface area contributed by atoms with Crippen LogP contribution in [0.2, 0.25) is 0 Å². The van der Waals surface area contributed by atoms with Crippen molar-refractivity contribution < 1.29 is 4.42 Å². The SMILES string of the molecule is c1ccc(-c2cccc(N(c3ccccc3-c3cccc(-n4c5ccccc5c5ccccc54)c3)c3cccc4oc5ccccc5c34)c2)cc1. The van der Waals surface area contributed by atoms with Gasteiger partial charge in [-0.05, 0) is 77.4 Å². The molecule has 0 aliphatic carbocycles. The third-order valence-electron chi connectivity index (χ3n) is 9.97. The van der Waals surface area contributed by atoms with E-state index in [1.807, 2.05) is 12.1 Å². The zero-order chi connectivity index (χ0) is 33.7. The van der Waals surface area contributed by atoms with Gasteiger partial charge < -0.3 is 13.9 Å². The Balaban J connectivity index is 1.21. The molecule has 10 aromatic rings. The lowest BCUT2D eigenvalue weighted by atomic mass is 9.99. The van der Waals surface area contributed by atoms with E-state index in [0.29, 0.717) is 0 Å². The predicted molar refractivity (Wildman–Crippen MR) is 214 cm³/mol. The number of furan rings is 1. The van der Waals surface area contributed by atoms with Crippen LogP contribution in [-0.4, -0.2) is 4.57 Å². The zero-order valence-electron chi connectivity index (χ0n) is 27.8. The molecule has 3 heteroatoms. The van der Waals surface area contributed by atoms with Gasteiger partial charge >= 0.3 is 0 Å². The van der Waals surface area contributed by atoms with Crippen LogP contribution in [0.25, 0.3) is 71.7 Å². The molecule has 0 spiro atoms. The lowest BCUT2D eigenvalue weighted by molar-refractivity contribution is 0.669. The van der Waals surface area contributed by atoms with Crippen LogP contribution in [0.5, 0.6) is 0 Å². The number of anilines is 3. The van der Waals surface area contributed by atoms with Crippen LogP contribution in [0, 0.1) is 0 Å². The van der Waals surface area contributed by atoms with Gasteiger partial charge in [0.05, 0.1) is 27.8 Å². The molecule has 0 saturated carbocycles. The number of fused-ring (bicyclic) bond motifs is 6. The minimum Gasteiger partial charge on any atom is -0.456 e. The first-order valence-electron chi connectivity index (χ1n) is 17.4. The smallest absolute Gasteiger partial charge is 0.137 e. The zero-order valence-corrected chi connectivity index (χ0v) is 27.8. The molecule has 240 valence electrons. The van der Waals surface area contributed by atoms with E-state index >= 15 is 0 Å². The maximum atomic E-state index is 6.42. The highest BCUT2D eigenvalue weighted by molar-refractivity contribution is 6.14. The van der Waals surface area contributed by atoms with E-state index in [1.54, 1.807) is 0 Å². The average molecular weight is 653 g/mol. The number of aromatic nitrogens is 1. The van der Waals surface area contributed by atoms with Crippen LogP contribution >= 0.6 is 0 Å². The summed E-state index contributed by atoms with van der Waals surface area (Å²) in [6, 6.07) is 69.2. The molecule has 0 saturated heterocycles. The standard InChI is InChI=1S/C48H32N2O/c1-2-15-33(16-3-1)34-17-12-19-36(31-34)50(45-28-14-30-47-48(45)41-24-7-11-29-46(41)51-47)42-25-8-4-21-38(42)35-18-13-20-37(32-35)49-43-26-9-5-22-39(43)40-23-6-10-27-44(40)49/h1-32H. The fourth-order valence-electron chi connectivity index (χ4n) is 7.73. The van der Waals surface area contributed by atoms with Crippen molar-refractivity contribution >= 4 is 60.8 Å². The number of rotatable bonds is 6. The van der Waals surface area contributed by atoms with Crippen LogP contribution in [0.3, 0.4) is 0 Å². The number of hydrogen-bond donors (Lipinski definition) is 0. The highest BCUT2D eigenvalue weighted by Crippen LogP contribution is 2.46. The number of benzene rings is 8. The summed E-state index contributed by atoms with van der Waals surface area (Å²) in [5, 5.41) is 4.69. The Hall–Kier alpha value is -6.84. The van der Waals surface area contributed by atoms with Crippen LogP contribution < -0.4 is 4.90 Å². The van der Waals surface area contributed by atoms with Crippen LogP contribution in [0.15, 0.2) is 199 Å². The van der Waals surface area contributed by atoms with Crippen molar-refractivity contribution in [2.24, 2.45) is 0 Å². The highest BCUT2D eigenvalue weighted by Gasteiger charge is 2.22. The second-order valence-corrected chi connectivity index (χ2v) is 12.9. The quantitative estimate of drug-likeness (QED) is 0.178. The summed E-state index contributed by atoms with van der Waals surface area (Å²) in [6.45, 7) is 0. The van der Waals surface area contributed by atoms with Gasteiger partial charge in [0.25, 0.3) is 0 Å². The molecule has 8 aromatic carbocycles. The van der Waals surface area contributed by atoms with Gasteiger partial charge in [0.15, 0.2) is 0 Å². The van der Waals surface area contributed by atoms with Gasteiger partial charge in [0, 0.05) is 33.1 Å². The van der Waals surface area contributed by atoms with Gasteiger partial charge in [0.2, 0.25) is 0 Å². The molecule has 0 aliphatic rings. The first-order chi connectivity index (χ1) is 25.3. The normalized spacial score (nSPS) is 11.5. The maximum Gasteiger partial charge on any atom is 0.137 e. The lowest BCUT2D eigenvalue weighted by Gasteiger charge is -2.29. The summed E-state index contributed by atoms with van der Waals surface area (Å²) in [7, 11) is 0. The number of para-hydroxylation sites is 4. The van der Waals surface area contributed by atoms with Crippen molar-refractivity contribution in [1.82, 2.24) is 4.57 Å². The van der Waals surface area contributed by atoms with E-state index in [1.165, 1.54) is 27.4 Å². The molecule has 0 unspecified atom stereocenters. The first-order valence-corrected chi connectivity index (χ1v) is 17.4. The topological polar surface area (TPSA) is 21.3 Å². The molecule has 0 atom stereocenters. The summed E-state index contributed by atoms with van der Waals surface area (Å²) >= 11 is 0. The van der Waals surface area contributed by atoms with Gasteiger partial charge in [-0.25, -0.2) is 0 Å².